The lowest BCUT2D eigenvalue weighted by Gasteiger charge is -2.07. The van der Waals surface area contributed by atoms with E-state index < -0.39 is 0 Å². The maximum Gasteiger partial charge on any atom is 0.276 e. The summed E-state index contributed by atoms with van der Waals surface area (Å²) in [4.78, 5) is 23.1. The van der Waals surface area contributed by atoms with Crippen molar-refractivity contribution < 1.29 is 14.0 Å². The van der Waals surface area contributed by atoms with Crippen LogP contribution in [0.15, 0.2) is 30.5 Å². The van der Waals surface area contributed by atoms with Crippen LogP contribution in [0, 0.1) is 16.3 Å². The van der Waals surface area contributed by atoms with Crippen molar-refractivity contribution in [1.29, 1.82) is 0 Å². The summed E-state index contributed by atoms with van der Waals surface area (Å²) in [6.07, 6.45) is 2.04. The highest BCUT2D eigenvalue weighted by atomic mass is 127. The van der Waals surface area contributed by atoms with Crippen molar-refractivity contribution >= 4 is 50.1 Å². The van der Waals surface area contributed by atoms with Crippen LogP contribution >= 0.6 is 33.9 Å². The molecule has 0 saturated carbocycles. The van der Waals surface area contributed by atoms with E-state index >= 15 is 0 Å². The lowest BCUT2D eigenvalue weighted by molar-refractivity contribution is 0.0539. The van der Waals surface area contributed by atoms with Gasteiger partial charge in [0, 0.05) is 26.5 Å². The van der Waals surface area contributed by atoms with Crippen molar-refractivity contribution in [3.05, 3.63) is 61.4 Å². The summed E-state index contributed by atoms with van der Waals surface area (Å²) in [6.45, 7) is 1.93. The van der Waals surface area contributed by atoms with E-state index in [1.165, 1.54) is 24.5 Å². The number of carbonyl (C=O) groups is 1. The maximum atomic E-state index is 14.2. The summed E-state index contributed by atoms with van der Waals surface area (Å²) < 4.78 is 15.0. The fraction of sp³-hybridized carbons (Fsp3) is 0.176. The lowest BCUT2D eigenvalue weighted by atomic mass is 10.0. The summed E-state index contributed by atoms with van der Waals surface area (Å²) in [5, 5.41) is 0.790. The van der Waals surface area contributed by atoms with Crippen molar-refractivity contribution in [3.63, 3.8) is 0 Å². The van der Waals surface area contributed by atoms with E-state index in [0.717, 1.165) is 24.2 Å². The molecule has 3 aromatic rings. The molecule has 0 fully saturated rings. The molecule has 0 aliphatic rings. The Morgan fingerprint density at radius 2 is 2.21 bits per heavy atom. The second-order valence-corrected chi connectivity index (χ2v) is 7.59. The van der Waals surface area contributed by atoms with Crippen molar-refractivity contribution in [2.45, 2.75) is 13.3 Å². The molecular weight excluding hydrogens is 442 g/mol. The smallest absolute Gasteiger partial charge is 0.276 e. The Morgan fingerprint density at radius 1 is 1.42 bits per heavy atom. The Balaban J connectivity index is 2.14. The monoisotopic (exact) mass is 456 g/mol. The van der Waals surface area contributed by atoms with Crippen LogP contribution < -0.4 is 5.48 Å². The fourth-order valence-electron chi connectivity index (χ4n) is 2.57. The average molecular weight is 456 g/mol. The number of halogens is 2. The highest BCUT2D eigenvalue weighted by molar-refractivity contribution is 14.1. The van der Waals surface area contributed by atoms with Gasteiger partial charge in [0.1, 0.15) is 10.6 Å². The first-order valence-corrected chi connectivity index (χ1v) is 9.05. The number of hydrogen-bond donors (Lipinski definition) is 1. The highest BCUT2D eigenvalue weighted by Crippen LogP contribution is 2.34. The molecule has 2 aromatic heterocycles. The van der Waals surface area contributed by atoms with Crippen LogP contribution in [-0.4, -0.2) is 18.0 Å². The number of hydrogen-bond acceptors (Lipinski definition) is 4. The standard InChI is InChI=1S/C17H14FIN2O2S/c1-9-5-6-20-17-14(9)15(16(22)21-23-2)13(24-17)7-10-3-4-11(19)8-12(10)18/h3-6,8H,7H2,1-2H3,(H,21,22). The Bertz CT molecular complexity index is 926. The molecular formula is C17H14FIN2O2S. The number of benzene rings is 1. The lowest BCUT2D eigenvalue weighted by Crippen LogP contribution is -2.22. The van der Waals surface area contributed by atoms with E-state index in [2.05, 4.69) is 33.1 Å². The van der Waals surface area contributed by atoms with Crippen molar-refractivity contribution in [2.75, 3.05) is 7.11 Å². The number of hydroxylamine groups is 1. The van der Waals surface area contributed by atoms with Gasteiger partial charge in [0.2, 0.25) is 0 Å². The Kier molecular flexibility index (Phi) is 5.12. The normalized spacial score (nSPS) is 11.0. The van der Waals surface area contributed by atoms with Crippen LogP contribution in [-0.2, 0) is 11.3 Å². The first-order chi connectivity index (χ1) is 11.5. The molecule has 1 aromatic carbocycles. The number of nitrogens with zero attached hydrogens (tertiary/aromatic N) is 1. The summed E-state index contributed by atoms with van der Waals surface area (Å²) >= 11 is 3.47. The molecule has 0 atom stereocenters. The molecule has 0 unspecified atom stereocenters. The fourth-order valence-corrected chi connectivity index (χ4v) is 4.26. The van der Waals surface area contributed by atoms with Crippen molar-refractivity contribution in [3.8, 4) is 0 Å². The Labute approximate surface area is 156 Å². The molecule has 7 heteroatoms. The quantitative estimate of drug-likeness (QED) is 0.473. The number of aromatic nitrogens is 1. The molecule has 3 rings (SSSR count). The summed E-state index contributed by atoms with van der Waals surface area (Å²) in [5.74, 6) is -0.622. The predicted molar refractivity (Wildman–Crippen MR) is 101 cm³/mol. The minimum atomic E-state index is -0.347. The molecule has 4 nitrogen and oxygen atoms in total. The van der Waals surface area contributed by atoms with Gasteiger partial charge in [0.05, 0.1) is 12.7 Å². The van der Waals surface area contributed by atoms with Gasteiger partial charge in [-0.1, -0.05) is 6.07 Å². The zero-order chi connectivity index (χ0) is 17.3. The minimum absolute atomic E-state index is 0.276. The van der Waals surface area contributed by atoms with Crippen LogP contribution in [0.1, 0.15) is 26.4 Å². The third kappa shape index (κ3) is 3.28. The van der Waals surface area contributed by atoms with Gasteiger partial charge in [-0.05, 0) is 58.8 Å². The summed E-state index contributed by atoms with van der Waals surface area (Å²) in [7, 11) is 1.38. The van der Waals surface area contributed by atoms with E-state index in [1.807, 2.05) is 19.1 Å². The zero-order valence-electron chi connectivity index (χ0n) is 13.0. The number of aryl methyl sites for hydroxylation is 1. The molecule has 1 N–H and O–H groups in total. The van der Waals surface area contributed by atoms with Gasteiger partial charge in [0.25, 0.3) is 5.91 Å². The first-order valence-electron chi connectivity index (χ1n) is 7.15. The number of rotatable bonds is 4. The van der Waals surface area contributed by atoms with E-state index in [4.69, 9.17) is 4.84 Å². The Hall–Kier alpha value is -1.58. The van der Waals surface area contributed by atoms with Crippen molar-refractivity contribution in [1.82, 2.24) is 10.5 Å². The first kappa shape index (κ1) is 17.2. The number of nitrogens with one attached hydrogen (secondary N) is 1. The van der Waals surface area contributed by atoms with Crippen LogP contribution in [0.25, 0.3) is 10.2 Å². The molecule has 0 saturated heterocycles. The Morgan fingerprint density at radius 3 is 2.92 bits per heavy atom. The molecule has 124 valence electrons. The molecule has 0 bridgehead atoms. The predicted octanol–water partition coefficient (Wildman–Crippen LogP) is 4.23. The second-order valence-electron chi connectivity index (χ2n) is 5.26. The van der Waals surface area contributed by atoms with Gasteiger partial charge >= 0.3 is 0 Å². The third-order valence-corrected chi connectivity index (χ3v) is 5.43. The molecule has 0 radical (unpaired) electrons. The topological polar surface area (TPSA) is 51.2 Å². The minimum Gasteiger partial charge on any atom is -0.277 e. The highest BCUT2D eigenvalue weighted by Gasteiger charge is 2.22. The van der Waals surface area contributed by atoms with Gasteiger partial charge in [0.15, 0.2) is 0 Å². The third-order valence-electron chi connectivity index (χ3n) is 3.66. The van der Waals surface area contributed by atoms with Crippen LogP contribution in [0.5, 0.6) is 0 Å². The SMILES string of the molecule is CONC(=O)c1c(Cc2ccc(I)cc2F)sc2nccc(C)c12. The number of amides is 1. The van der Waals surface area contributed by atoms with Gasteiger partial charge in [-0.25, -0.2) is 14.9 Å². The second kappa shape index (κ2) is 7.12. The van der Waals surface area contributed by atoms with E-state index in [9.17, 15) is 9.18 Å². The molecule has 0 spiro atoms. The van der Waals surface area contributed by atoms with Gasteiger partial charge in [-0.3, -0.25) is 9.63 Å². The van der Waals surface area contributed by atoms with Gasteiger partial charge in [-0.15, -0.1) is 11.3 Å². The van der Waals surface area contributed by atoms with Gasteiger partial charge in [-0.2, -0.15) is 0 Å². The van der Waals surface area contributed by atoms with Gasteiger partial charge < -0.3 is 0 Å². The molecule has 1 amide bonds. The average Bonchev–Trinajstić information content (AvgIpc) is 2.90. The number of carbonyl (C=O) groups excluding carboxylic acids is 1. The van der Waals surface area contributed by atoms with Crippen LogP contribution in [0.4, 0.5) is 4.39 Å². The largest absolute Gasteiger partial charge is 0.277 e. The zero-order valence-corrected chi connectivity index (χ0v) is 16.0. The molecule has 0 aliphatic carbocycles. The van der Waals surface area contributed by atoms with E-state index in [-0.39, 0.29) is 11.7 Å². The molecule has 0 aliphatic heterocycles. The number of pyridine rings is 1. The summed E-state index contributed by atoms with van der Waals surface area (Å²) in [5.41, 5.74) is 4.36. The maximum absolute atomic E-state index is 14.2. The van der Waals surface area contributed by atoms with E-state index in [0.29, 0.717) is 17.5 Å². The summed E-state index contributed by atoms with van der Waals surface area (Å²) in [6, 6.07) is 6.94. The molecule has 24 heavy (non-hydrogen) atoms. The number of fused-ring (bicyclic) bond motifs is 1. The molecule has 2 heterocycles. The van der Waals surface area contributed by atoms with Crippen LogP contribution in [0.2, 0.25) is 0 Å². The van der Waals surface area contributed by atoms with Crippen molar-refractivity contribution in [2.24, 2.45) is 0 Å². The number of thiophene rings is 1. The van der Waals surface area contributed by atoms with E-state index in [1.54, 1.807) is 12.3 Å². The van der Waals surface area contributed by atoms with Crippen LogP contribution in [0.3, 0.4) is 0 Å².